The number of carbonyl (C=O) groups excluding carboxylic acids is 2. The number of primary amides is 1. The third-order valence-electron chi connectivity index (χ3n) is 6.26. The van der Waals surface area contributed by atoms with Gasteiger partial charge in [-0.15, -0.1) is 0 Å². The lowest BCUT2D eigenvalue weighted by atomic mass is 10.0. The normalized spacial score (nSPS) is 17.1. The highest BCUT2D eigenvalue weighted by Gasteiger charge is 2.32. The van der Waals surface area contributed by atoms with Crippen LogP contribution in [0, 0.1) is 9.49 Å². The summed E-state index contributed by atoms with van der Waals surface area (Å²) in [5, 5.41) is 6.57. The van der Waals surface area contributed by atoms with Crippen molar-refractivity contribution in [2.45, 2.75) is 31.7 Å². The quantitative estimate of drug-likeness (QED) is 0.325. The molecule has 35 heavy (non-hydrogen) atoms. The van der Waals surface area contributed by atoms with Crippen LogP contribution in [-0.2, 0) is 11.2 Å². The molecule has 1 heterocycles. The number of carbonyl (C=O) groups is 2. The summed E-state index contributed by atoms with van der Waals surface area (Å²) < 4.78 is 0.864. The van der Waals surface area contributed by atoms with E-state index in [0.717, 1.165) is 34.9 Å². The average molecular weight is 584 g/mol. The summed E-state index contributed by atoms with van der Waals surface area (Å²) in [5.41, 5.74) is 8.15. The van der Waals surface area contributed by atoms with Crippen molar-refractivity contribution in [1.82, 2.24) is 14.9 Å². The van der Waals surface area contributed by atoms with Crippen molar-refractivity contribution in [2.24, 2.45) is 11.7 Å². The van der Waals surface area contributed by atoms with E-state index in [2.05, 4.69) is 55.3 Å². The number of hydrogen-bond acceptors (Lipinski definition) is 6. The maximum absolute atomic E-state index is 12.8. The van der Waals surface area contributed by atoms with E-state index >= 15 is 0 Å². The van der Waals surface area contributed by atoms with E-state index in [0.29, 0.717) is 23.9 Å². The number of nitrogens with one attached hydrogen (secondary N) is 2. The number of anilines is 3. The van der Waals surface area contributed by atoms with Gasteiger partial charge in [0.1, 0.15) is 5.82 Å². The smallest absolute Gasteiger partial charge is 0.253 e. The van der Waals surface area contributed by atoms with Gasteiger partial charge in [-0.25, -0.2) is 4.98 Å². The summed E-state index contributed by atoms with van der Waals surface area (Å²) in [6.07, 6.45) is 5.18. The van der Waals surface area contributed by atoms with Gasteiger partial charge in [0, 0.05) is 37.1 Å². The summed E-state index contributed by atoms with van der Waals surface area (Å²) in [6.45, 7) is 0.646. The zero-order valence-corrected chi connectivity index (χ0v) is 21.7. The van der Waals surface area contributed by atoms with Crippen molar-refractivity contribution in [2.75, 3.05) is 24.2 Å². The van der Waals surface area contributed by atoms with E-state index in [1.807, 2.05) is 37.4 Å². The molecule has 1 aromatic heterocycles. The predicted molar refractivity (Wildman–Crippen MR) is 146 cm³/mol. The number of nitrogens with zero attached hydrogens (tertiary/aromatic N) is 3. The first-order chi connectivity index (χ1) is 16.9. The van der Waals surface area contributed by atoms with Gasteiger partial charge in [0.05, 0.1) is 9.49 Å². The second kappa shape index (κ2) is 11.5. The van der Waals surface area contributed by atoms with Crippen LogP contribution in [0.2, 0.25) is 0 Å². The van der Waals surface area contributed by atoms with Crippen LogP contribution < -0.4 is 16.4 Å². The van der Waals surface area contributed by atoms with Crippen molar-refractivity contribution in [1.29, 1.82) is 0 Å². The van der Waals surface area contributed by atoms with Gasteiger partial charge in [-0.05, 0) is 71.7 Å². The van der Waals surface area contributed by atoms with Gasteiger partial charge in [-0.1, -0.05) is 36.8 Å². The first-order valence-corrected chi connectivity index (χ1v) is 12.7. The molecule has 3 aromatic rings. The van der Waals surface area contributed by atoms with Gasteiger partial charge < -0.3 is 21.3 Å². The second-order valence-corrected chi connectivity index (χ2v) is 9.91. The Hall–Kier alpha value is -3.21. The Bertz CT molecular complexity index is 1170. The molecular formula is C26H29IN6O2. The van der Waals surface area contributed by atoms with Crippen LogP contribution in [0.15, 0.2) is 60.8 Å². The molecule has 0 radical (unpaired) electrons. The molecule has 1 aliphatic rings. The van der Waals surface area contributed by atoms with E-state index in [1.165, 1.54) is 5.56 Å². The van der Waals surface area contributed by atoms with Crippen LogP contribution in [0.25, 0.3) is 0 Å². The molecule has 1 aliphatic carbocycles. The maximum Gasteiger partial charge on any atom is 0.253 e. The van der Waals surface area contributed by atoms with E-state index in [-0.39, 0.29) is 23.8 Å². The Morgan fingerprint density at radius 1 is 1.11 bits per heavy atom. The Labute approximate surface area is 218 Å². The summed E-state index contributed by atoms with van der Waals surface area (Å²) in [6, 6.07) is 17.4. The number of rotatable bonds is 9. The molecule has 0 bridgehead atoms. The van der Waals surface area contributed by atoms with Crippen LogP contribution in [0.1, 0.15) is 35.2 Å². The molecule has 4 N–H and O–H groups in total. The highest BCUT2D eigenvalue weighted by molar-refractivity contribution is 14.1. The minimum absolute atomic E-state index is 0.0204. The molecule has 0 saturated heterocycles. The highest BCUT2D eigenvalue weighted by atomic mass is 127. The first-order valence-electron chi connectivity index (χ1n) is 11.7. The van der Waals surface area contributed by atoms with Gasteiger partial charge in [-0.2, -0.15) is 4.98 Å². The number of hydrogen-bond donors (Lipinski definition) is 3. The molecule has 0 aliphatic heterocycles. The number of aromatic nitrogens is 2. The van der Waals surface area contributed by atoms with Crippen LogP contribution in [0.3, 0.4) is 0 Å². The van der Waals surface area contributed by atoms with Gasteiger partial charge in [0.2, 0.25) is 11.9 Å². The molecule has 8 nitrogen and oxygen atoms in total. The third kappa shape index (κ3) is 6.47. The lowest BCUT2D eigenvalue weighted by molar-refractivity contribution is -0.121. The zero-order valence-electron chi connectivity index (χ0n) is 19.6. The zero-order chi connectivity index (χ0) is 24.8. The Morgan fingerprint density at radius 3 is 2.57 bits per heavy atom. The molecule has 4 rings (SSSR count). The summed E-state index contributed by atoms with van der Waals surface area (Å²) in [4.78, 5) is 35.2. The van der Waals surface area contributed by atoms with E-state index in [9.17, 15) is 9.59 Å². The summed E-state index contributed by atoms with van der Waals surface area (Å²) in [7, 11) is 1.82. The fraction of sp³-hybridized carbons (Fsp3) is 0.308. The molecule has 0 unspecified atom stereocenters. The van der Waals surface area contributed by atoms with Crippen molar-refractivity contribution >= 4 is 51.9 Å². The van der Waals surface area contributed by atoms with Gasteiger partial charge in [0.25, 0.3) is 5.91 Å². The average Bonchev–Trinajstić information content (AvgIpc) is 3.34. The standard InChI is InChI=1S/C26H29IN6O2/c1-33(15-14-17-6-3-2-4-7-17)25(35)18-10-12-19(13-11-18)30-26-29-16-21(27)24(32-26)31-22-9-5-8-20(22)23(28)34/h2-4,6-7,10-13,16,20,22H,5,8-9,14-15H2,1H3,(H2,28,34)(H2,29,30,31,32)/t20-,22+/m0/s1. The highest BCUT2D eigenvalue weighted by Crippen LogP contribution is 2.29. The Morgan fingerprint density at radius 2 is 1.86 bits per heavy atom. The molecule has 2 amide bonds. The number of amides is 2. The maximum atomic E-state index is 12.8. The van der Waals surface area contributed by atoms with Gasteiger partial charge in [0.15, 0.2) is 0 Å². The van der Waals surface area contributed by atoms with E-state index < -0.39 is 0 Å². The monoisotopic (exact) mass is 584 g/mol. The summed E-state index contributed by atoms with van der Waals surface area (Å²) in [5.74, 6) is 0.620. The van der Waals surface area contributed by atoms with Gasteiger partial charge in [-0.3, -0.25) is 9.59 Å². The largest absolute Gasteiger partial charge is 0.369 e. The van der Waals surface area contributed by atoms with E-state index in [4.69, 9.17) is 5.73 Å². The number of benzene rings is 2. The minimum atomic E-state index is -0.275. The molecule has 1 fully saturated rings. The first kappa shape index (κ1) is 24.9. The van der Waals surface area contributed by atoms with Crippen molar-refractivity contribution in [3.63, 3.8) is 0 Å². The number of nitrogens with two attached hydrogens (primary N) is 1. The fourth-order valence-electron chi connectivity index (χ4n) is 4.27. The van der Waals surface area contributed by atoms with Crippen LogP contribution in [0.4, 0.5) is 17.5 Å². The lowest BCUT2D eigenvalue weighted by Gasteiger charge is -2.20. The molecule has 0 spiro atoms. The lowest BCUT2D eigenvalue weighted by Crippen LogP contribution is -2.34. The van der Waals surface area contributed by atoms with Crippen molar-refractivity contribution in [3.05, 3.63) is 75.5 Å². The predicted octanol–water partition coefficient (Wildman–Crippen LogP) is 4.21. The van der Waals surface area contributed by atoms with E-state index in [1.54, 1.807) is 23.2 Å². The number of likely N-dealkylation sites (N-methyl/N-ethyl adjacent to an activating group) is 1. The van der Waals surface area contributed by atoms with Gasteiger partial charge >= 0.3 is 0 Å². The molecule has 182 valence electrons. The minimum Gasteiger partial charge on any atom is -0.369 e. The Balaban J connectivity index is 1.37. The molecular weight excluding hydrogens is 555 g/mol. The van der Waals surface area contributed by atoms with Crippen LogP contribution in [-0.4, -0.2) is 46.3 Å². The molecule has 2 aromatic carbocycles. The topological polar surface area (TPSA) is 113 Å². The Kier molecular flexibility index (Phi) is 8.17. The second-order valence-electron chi connectivity index (χ2n) is 8.75. The SMILES string of the molecule is CN(CCc1ccccc1)C(=O)c1ccc(Nc2ncc(I)c(N[C@@H]3CCC[C@@H]3C(N)=O)n2)cc1. The van der Waals surface area contributed by atoms with Crippen molar-refractivity contribution in [3.8, 4) is 0 Å². The van der Waals surface area contributed by atoms with Crippen molar-refractivity contribution < 1.29 is 9.59 Å². The molecule has 1 saturated carbocycles. The molecule has 2 atom stereocenters. The summed E-state index contributed by atoms with van der Waals surface area (Å²) >= 11 is 2.17. The fourth-order valence-corrected chi connectivity index (χ4v) is 4.68. The third-order valence-corrected chi connectivity index (χ3v) is 7.05. The van der Waals surface area contributed by atoms with Crippen LogP contribution >= 0.6 is 22.6 Å². The van der Waals surface area contributed by atoms with Crippen LogP contribution in [0.5, 0.6) is 0 Å². The molecule has 9 heteroatoms. The number of halogens is 1.